The molecule has 0 spiro atoms. The molecular weight excluding hydrogens is 741 g/mol. The highest BCUT2D eigenvalue weighted by Gasteiger charge is 2.34. The van der Waals surface area contributed by atoms with Gasteiger partial charge < -0.3 is 32.8 Å². The molecular formula is C41H64N2O10SSi. The molecule has 1 saturated heterocycles. The van der Waals surface area contributed by atoms with Gasteiger partial charge in [-0.3, -0.25) is 5.32 Å². The van der Waals surface area contributed by atoms with Gasteiger partial charge in [0.05, 0.1) is 13.2 Å². The van der Waals surface area contributed by atoms with Crippen molar-refractivity contribution >= 4 is 30.4 Å². The van der Waals surface area contributed by atoms with Crippen LogP contribution in [-0.2, 0) is 52.7 Å². The first kappa shape index (κ1) is 44.5. The van der Waals surface area contributed by atoms with Crippen LogP contribution in [-0.4, -0.2) is 79.0 Å². The Morgan fingerprint density at radius 3 is 2.31 bits per heavy atom. The molecule has 2 aliphatic rings. The van der Waals surface area contributed by atoms with Crippen LogP contribution in [0.5, 0.6) is 5.75 Å². The van der Waals surface area contributed by atoms with Crippen LogP contribution in [0.25, 0.3) is 0 Å². The molecule has 1 N–H and O–H groups in total. The summed E-state index contributed by atoms with van der Waals surface area (Å²) in [4.78, 5) is 26.6. The SMILES string of the molecule is CCCCCc1cc(CCCCOCCCCCCN2C[C@@H](c3ccc4c(c3)COC(C)(C)O4)OC2=O)cc(S(=O)(=O)OC(=O)NCOCC[Si](C)(C)C)c1. The van der Waals surface area contributed by atoms with Crippen LogP contribution in [0.1, 0.15) is 107 Å². The summed E-state index contributed by atoms with van der Waals surface area (Å²) in [6.07, 6.45) is 8.45. The Kier molecular flexibility index (Phi) is 17.3. The molecule has 308 valence electrons. The number of carbonyl (C=O) groups excluding carboxylic acids is 2. The van der Waals surface area contributed by atoms with Gasteiger partial charge in [0.2, 0.25) is 5.79 Å². The molecule has 14 heteroatoms. The number of nitrogens with zero attached hydrogens (tertiary/aromatic N) is 1. The molecule has 4 rings (SSSR count). The summed E-state index contributed by atoms with van der Waals surface area (Å²) in [5, 5.41) is 2.38. The predicted octanol–water partition coefficient (Wildman–Crippen LogP) is 8.88. The summed E-state index contributed by atoms with van der Waals surface area (Å²) in [5.74, 6) is 0.155. The molecule has 2 aromatic carbocycles. The van der Waals surface area contributed by atoms with Crippen LogP contribution in [0.3, 0.4) is 0 Å². The lowest BCUT2D eigenvalue weighted by molar-refractivity contribution is -0.180. The number of amides is 2. The van der Waals surface area contributed by atoms with Crippen molar-refractivity contribution in [2.75, 3.05) is 39.6 Å². The number of nitrogens with one attached hydrogen (secondary N) is 1. The molecule has 55 heavy (non-hydrogen) atoms. The maximum Gasteiger partial charge on any atom is 0.424 e. The molecule has 12 nitrogen and oxygen atoms in total. The number of hydrogen-bond acceptors (Lipinski definition) is 10. The van der Waals surface area contributed by atoms with Crippen LogP contribution in [0.4, 0.5) is 9.59 Å². The maximum atomic E-state index is 13.1. The fraction of sp³-hybridized carbons (Fsp3) is 0.659. The lowest BCUT2D eigenvalue weighted by Crippen LogP contribution is -2.35. The van der Waals surface area contributed by atoms with E-state index in [2.05, 4.69) is 37.9 Å². The Morgan fingerprint density at radius 1 is 0.909 bits per heavy atom. The van der Waals surface area contributed by atoms with Gasteiger partial charge in [0.1, 0.15) is 23.5 Å². The number of cyclic esters (lactones) is 1. The summed E-state index contributed by atoms with van der Waals surface area (Å²) in [6.45, 7) is 16.0. The van der Waals surface area contributed by atoms with E-state index in [-0.39, 0.29) is 23.8 Å². The predicted molar refractivity (Wildman–Crippen MR) is 214 cm³/mol. The first-order chi connectivity index (χ1) is 26.1. The minimum atomic E-state index is -4.30. The molecule has 2 heterocycles. The van der Waals surface area contributed by atoms with Gasteiger partial charge in [0.15, 0.2) is 0 Å². The van der Waals surface area contributed by atoms with Crippen LogP contribution >= 0.6 is 0 Å². The molecule has 2 aliphatic heterocycles. The fourth-order valence-electron chi connectivity index (χ4n) is 6.40. The smallest absolute Gasteiger partial charge is 0.424 e. The number of hydrogen-bond donors (Lipinski definition) is 1. The molecule has 0 radical (unpaired) electrons. The van der Waals surface area contributed by atoms with Crippen molar-refractivity contribution in [3.63, 3.8) is 0 Å². The zero-order chi connectivity index (χ0) is 39.9. The van der Waals surface area contributed by atoms with Gasteiger partial charge in [0.25, 0.3) is 0 Å². The van der Waals surface area contributed by atoms with Crippen molar-refractivity contribution in [3.8, 4) is 5.75 Å². The van der Waals surface area contributed by atoms with Gasteiger partial charge in [0, 0.05) is 53.9 Å². The van der Waals surface area contributed by atoms with E-state index in [1.807, 2.05) is 32.0 Å². The van der Waals surface area contributed by atoms with Gasteiger partial charge >= 0.3 is 22.3 Å². The average Bonchev–Trinajstić information content (AvgIpc) is 3.49. The zero-order valence-electron chi connectivity index (χ0n) is 33.9. The van der Waals surface area contributed by atoms with E-state index in [4.69, 9.17) is 27.9 Å². The number of unbranched alkanes of at least 4 members (excludes halogenated alkanes) is 6. The van der Waals surface area contributed by atoms with Crippen molar-refractivity contribution < 1.29 is 45.9 Å². The molecule has 1 fully saturated rings. The Balaban J connectivity index is 1.10. The number of ether oxygens (including phenoxy) is 5. The molecule has 0 aliphatic carbocycles. The normalized spacial score (nSPS) is 16.7. The maximum absolute atomic E-state index is 13.1. The van der Waals surface area contributed by atoms with Gasteiger partial charge in [-0.05, 0) is 91.9 Å². The second kappa shape index (κ2) is 21.4. The van der Waals surface area contributed by atoms with Gasteiger partial charge in [-0.25, -0.2) is 9.59 Å². The monoisotopic (exact) mass is 804 g/mol. The largest absolute Gasteiger partial charge is 0.463 e. The molecule has 0 saturated carbocycles. The Morgan fingerprint density at radius 2 is 1.60 bits per heavy atom. The quantitative estimate of drug-likeness (QED) is 0.0474. The van der Waals surface area contributed by atoms with E-state index < -0.39 is 30.1 Å². The number of benzene rings is 2. The molecule has 1 atom stereocenters. The van der Waals surface area contributed by atoms with E-state index in [1.165, 1.54) is 0 Å². The highest BCUT2D eigenvalue weighted by Crippen LogP contribution is 2.35. The second-order valence-electron chi connectivity index (χ2n) is 16.3. The third kappa shape index (κ3) is 15.7. The van der Waals surface area contributed by atoms with Crippen molar-refractivity contribution in [3.05, 3.63) is 58.7 Å². The summed E-state index contributed by atoms with van der Waals surface area (Å²) >= 11 is 0. The number of aryl methyl sites for hydroxylation is 2. The van der Waals surface area contributed by atoms with Crippen LogP contribution in [0.2, 0.25) is 25.7 Å². The summed E-state index contributed by atoms with van der Waals surface area (Å²) in [5.41, 5.74) is 3.73. The number of carbonyl (C=O) groups is 2. The van der Waals surface area contributed by atoms with E-state index >= 15 is 0 Å². The average molecular weight is 805 g/mol. The molecule has 0 aromatic heterocycles. The highest BCUT2D eigenvalue weighted by molar-refractivity contribution is 7.87. The zero-order valence-corrected chi connectivity index (χ0v) is 35.7. The fourth-order valence-corrected chi connectivity index (χ4v) is 8.10. The summed E-state index contributed by atoms with van der Waals surface area (Å²) < 4.78 is 59.7. The molecule has 2 amide bonds. The Labute approximate surface area is 330 Å². The van der Waals surface area contributed by atoms with E-state index in [9.17, 15) is 18.0 Å². The van der Waals surface area contributed by atoms with Crippen LogP contribution < -0.4 is 10.1 Å². The lowest BCUT2D eigenvalue weighted by Gasteiger charge is -2.32. The van der Waals surface area contributed by atoms with Crippen molar-refractivity contribution in [1.29, 1.82) is 0 Å². The summed E-state index contributed by atoms with van der Waals surface area (Å²) in [6, 6.07) is 12.1. The van der Waals surface area contributed by atoms with Crippen LogP contribution in [0.15, 0.2) is 41.3 Å². The van der Waals surface area contributed by atoms with Gasteiger partial charge in [-0.2, -0.15) is 8.42 Å². The van der Waals surface area contributed by atoms with Gasteiger partial charge in [-0.1, -0.05) is 64.4 Å². The van der Waals surface area contributed by atoms with Crippen molar-refractivity contribution in [2.45, 2.75) is 140 Å². The third-order valence-electron chi connectivity index (χ3n) is 9.63. The topological polar surface area (TPSA) is 139 Å². The second-order valence-corrected chi connectivity index (χ2v) is 23.4. The van der Waals surface area contributed by atoms with Crippen LogP contribution in [0, 0.1) is 0 Å². The minimum Gasteiger partial charge on any atom is -0.463 e. The van der Waals surface area contributed by atoms with Crippen molar-refractivity contribution in [2.24, 2.45) is 0 Å². The summed E-state index contributed by atoms with van der Waals surface area (Å²) in [7, 11) is -5.57. The first-order valence-corrected chi connectivity index (χ1v) is 25.2. The number of rotatable bonds is 24. The molecule has 0 unspecified atom stereocenters. The Bertz CT molecular complexity index is 1650. The van der Waals surface area contributed by atoms with E-state index in [1.54, 1.807) is 17.0 Å². The third-order valence-corrected chi connectivity index (χ3v) is 12.5. The van der Waals surface area contributed by atoms with Gasteiger partial charge in [-0.15, -0.1) is 0 Å². The highest BCUT2D eigenvalue weighted by atomic mass is 32.2. The Hall–Kier alpha value is -3.17. The number of fused-ring (bicyclic) bond motifs is 1. The van der Waals surface area contributed by atoms with E-state index in [0.717, 1.165) is 98.3 Å². The standard InChI is InChI=1S/C41H64N2O10SSi/c1-7-8-11-16-32-25-33(27-36(26-32)54(46,47)53-39(44)42-31-49-23-24-55(4,5)6)17-12-15-22-48-21-14-10-9-13-20-43-29-38(51-40(43)45)34-18-19-37-35(28-34)30-50-41(2,3)52-37/h18-19,25-28,38H,7-17,20-24,29-31H2,1-6H3,(H,42,44)/t38-/m0/s1. The van der Waals surface area contributed by atoms with E-state index in [0.29, 0.717) is 45.9 Å². The minimum absolute atomic E-state index is 0.00581. The van der Waals surface area contributed by atoms with Crippen molar-refractivity contribution in [1.82, 2.24) is 10.2 Å². The lowest BCUT2D eigenvalue weighted by atomic mass is 10.0. The molecule has 0 bridgehead atoms. The first-order valence-electron chi connectivity index (χ1n) is 20.1. The molecule has 2 aromatic rings.